The number of benzene rings is 1. The third-order valence-corrected chi connectivity index (χ3v) is 3.77. The van der Waals surface area contributed by atoms with Crippen molar-refractivity contribution in [2.24, 2.45) is 0 Å². The molecule has 0 saturated carbocycles. The van der Waals surface area contributed by atoms with E-state index in [0.717, 1.165) is 0 Å². The van der Waals surface area contributed by atoms with Crippen LogP contribution < -0.4 is 5.73 Å². The van der Waals surface area contributed by atoms with E-state index >= 15 is 0 Å². The predicted molar refractivity (Wildman–Crippen MR) is 51.6 cm³/mol. The molecule has 0 aromatic heterocycles. The first-order chi connectivity index (χ1) is 5.43. The average molecular weight is 271 g/mol. The minimum absolute atomic E-state index is 0.0100. The summed E-state index contributed by atoms with van der Waals surface area (Å²) >= 11 is 3.03. The van der Waals surface area contributed by atoms with E-state index in [4.69, 9.17) is 16.4 Å². The van der Waals surface area contributed by atoms with Crippen LogP contribution in [-0.4, -0.2) is 8.42 Å². The molecule has 0 aliphatic carbocycles. The Labute approximate surface area is 83.1 Å². The molecule has 2 N–H and O–H groups in total. The van der Waals surface area contributed by atoms with Crippen LogP contribution in [0.3, 0.4) is 0 Å². The van der Waals surface area contributed by atoms with Gasteiger partial charge < -0.3 is 5.73 Å². The molecule has 0 atom stereocenters. The Kier molecular flexibility index (Phi) is 2.65. The average Bonchev–Trinajstić information content (AvgIpc) is 1.92. The van der Waals surface area contributed by atoms with Gasteiger partial charge in [0.1, 0.15) is 0 Å². The molecule has 0 spiro atoms. The predicted octanol–water partition coefficient (Wildman–Crippen LogP) is 1.96. The lowest BCUT2D eigenvalue weighted by atomic mass is 10.3. The Bertz CT molecular complexity index is 404. The summed E-state index contributed by atoms with van der Waals surface area (Å²) in [5.74, 6) is 0. The fourth-order valence-electron chi connectivity index (χ4n) is 0.716. The number of nitrogen functional groups attached to an aromatic ring is 1. The molecule has 0 aliphatic heterocycles. The Morgan fingerprint density at radius 3 is 2.42 bits per heavy atom. The normalized spacial score (nSPS) is 11.5. The Morgan fingerprint density at radius 2 is 2.00 bits per heavy atom. The molecule has 0 saturated heterocycles. The molecule has 0 fully saturated rings. The number of halogens is 2. The SMILES string of the molecule is Nc1cccc(S(=O)(=O)Cl)c1Br. The quantitative estimate of drug-likeness (QED) is 0.627. The molecule has 1 aromatic rings. The minimum atomic E-state index is -3.71. The van der Waals surface area contributed by atoms with Crippen molar-refractivity contribution in [2.45, 2.75) is 4.90 Å². The summed E-state index contributed by atoms with van der Waals surface area (Å²) in [6.45, 7) is 0. The third kappa shape index (κ3) is 1.91. The smallest absolute Gasteiger partial charge is 0.262 e. The van der Waals surface area contributed by atoms with Gasteiger partial charge in [-0.2, -0.15) is 0 Å². The molecule has 0 bridgehead atoms. The molecular weight excluding hydrogens is 265 g/mol. The molecule has 1 rings (SSSR count). The number of hydrogen-bond acceptors (Lipinski definition) is 3. The molecule has 0 amide bonds. The fourth-order valence-corrected chi connectivity index (χ4v) is 2.86. The van der Waals surface area contributed by atoms with Gasteiger partial charge >= 0.3 is 0 Å². The lowest BCUT2D eigenvalue weighted by molar-refractivity contribution is 0.609. The van der Waals surface area contributed by atoms with Gasteiger partial charge in [-0.1, -0.05) is 6.07 Å². The van der Waals surface area contributed by atoms with Crippen molar-refractivity contribution in [1.29, 1.82) is 0 Å². The van der Waals surface area contributed by atoms with E-state index in [1.54, 1.807) is 6.07 Å². The molecule has 66 valence electrons. The van der Waals surface area contributed by atoms with Crippen LogP contribution in [0.4, 0.5) is 5.69 Å². The van der Waals surface area contributed by atoms with Gasteiger partial charge in [0.05, 0.1) is 9.37 Å². The van der Waals surface area contributed by atoms with Crippen LogP contribution >= 0.6 is 26.6 Å². The molecule has 0 radical (unpaired) electrons. The second kappa shape index (κ2) is 3.24. The highest BCUT2D eigenvalue weighted by atomic mass is 79.9. The van der Waals surface area contributed by atoms with E-state index in [-0.39, 0.29) is 4.90 Å². The van der Waals surface area contributed by atoms with E-state index in [9.17, 15) is 8.42 Å². The zero-order valence-electron chi connectivity index (χ0n) is 5.79. The van der Waals surface area contributed by atoms with Gasteiger partial charge in [-0.25, -0.2) is 8.42 Å². The van der Waals surface area contributed by atoms with Crippen molar-refractivity contribution in [2.75, 3.05) is 5.73 Å². The summed E-state index contributed by atoms with van der Waals surface area (Å²) in [5, 5.41) is 0. The van der Waals surface area contributed by atoms with Crippen LogP contribution in [0.15, 0.2) is 27.6 Å². The van der Waals surface area contributed by atoms with Gasteiger partial charge in [0.25, 0.3) is 9.05 Å². The van der Waals surface area contributed by atoms with Crippen molar-refractivity contribution in [3.8, 4) is 0 Å². The van der Waals surface area contributed by atoms with Crippen molar-refractivity contribution in [3.63, 3.8) is 0 Å². The van der Waals surface area contributed by atoms with Gasteiger partial charge in [-0.15, -0.1) is 0 Å². The zero-order valence-corrected chi connectivity index (χ0v) is 8.95. The lowest BCUT2D eigenvalue weighted by Crippen LogP contribution is -1.95. The van der Waals surface area contributed by atoms with Crippen LogP contribution in [0.25, 0.3) is 0 Å². The summed E-state index contributed by atoms with van der Waals surface area (Å²) in [6.07, 6.45) is 0. The number of nitrogens with two attached hydrogens (primary N) is 1. The van der Waals surface area contributed by atoms with E-state index in [1.807, 2.05) is 0 Å². The van der Waals surface area contributed by atoms with Crippen LogP contribution in [0, 0.1) is 0 Å². The monoisotopic (exact) mass is 269 g/mol. The number of anilines is 1. The lowest BCUT2D eigenvalue weighted by Gasteiger charge is -2.01. The van der Waals surface area contributed by atoms with E-state index in [1.165, 1.54) is 12.1 Å². The highest BCUT2D eigenvalue weighted by Gasteiger charge is 2.14. The number of hydrogen-bond donors (Lipinski definition) is 1. The van der Waals surface area contributed by atoms with Crippen molar-refractivity contribution >= 4 is 41.4 Å². The summed E-state index contributed by atoms with van der Waals surface area (Å²) in [4.78, 5) is -0.0100. The topological polar surface area (TPSA) is 60.2 Å². The molecular formula is C6H5BrClNO2S. The fraction of sp³-hybridized carbons (Fsp3) is 0. The second-order valence-electron chi connectivity index (χ2n) is 2.10. The molecule has 12 heavy (non-hydrogen) atoms. The van der Waals surface area contributed by atoms with Crippen LogP contribution in [0.1, 0.15) is 0 Å². The third-order valence-electron chi connectivity index (χ3n) is 1.26. The highest BCUT2D eigenvalue weighted by Crippen LogP contribution is 2.29. The minimum Gasteiger partial charge on any atom is -0.398 e. The van der Waals surface area contributed by atoms with Gasteiger partial charge in [0, 0.05) is 16.4 Å². The van der Waals surface area contributed by atoms with Crippen LogP contribution in [0.5, 0.6) is 0 Å². The summed E-state index contributed by atoms with van der Waals surface area (Å²) in [7, 11) is 1.41. The zero-order chi connectivity index (χ0) is 9.35. The van der Waals surface area contributed by atoms with Crippen LogP contribution in [-0.2, 0) is 9.05 Å². The Balaban J connectivity index is 3.47. The maximum absolute atomic E-state index is 10.9. The molecule has 6 heteroatoms. The van der Waals surface area contributed by atoms with Crippen molar-refractivity contribution in [3.05, 3.63) is 22.7 Å². The molecule has 0 heterocycles. The van der Waals surface area contributed by atoms with Gasteiger partial charge in [0.15, 0.2) is 0 Å². The van der Waals surface area contributed by atoms with E-state index in [0.29, 0.717) is 10.2 Å². The molecule has 0 aliphatic rings. The van der Waals surface area contributed by atoms with Crippen molar-refractivity contribution < 1.29 is 8.42 Å². The summed E-state index contributed by atoms with van der Waals surface area (Å²) in [6, 6.07) is 4.48. The Hall–Kier alpha value is -0.260. The second-order valence-corrected chi connectivity index (χ2v) is 5.42. The van der Waals surface area contributed by atoms with Gasteiger partial charge in [-0.05, 0) is 28.1 Å². The van der Waals surface area contributed by atoms with E-state index < -0.39 is 9.05 Å². The van der Waals surface area contributed by atoms with Gasteiger partial charge in [-0.3, -0.25) is 0 Å². The highest BCUT2D eigenvalue weighted by molar-refractivity contribution is 9.10. The van der Waals surface area contributed by atoms with Crippen molar-refractivity contribution in [1.82, 2.24) is 0 Å². The molecule has 3 nitrogen and oxygen atoms in total. The standard InChI is InChI=1S/C6H5BrClNO2S/c7-6-4(9)2-1-3-5(6)12(8,10)11/h1-3H,9H2. The largest absolute Gasteiger partial charge is 0.398 e. The first-order valence-electron chi connectivity index (χ1n) is 2.91. The maximum Gasteiger partial charge on any atom is 0.262 e. The van der Waals surface area contributed by atoms with Gasteiger partial charge in [0.2, 0.25) is 0 Å². The maximum atomic E-state index is 10.9. The summed E-state index contributed by atoms with van der Waals surface area (Å²) in [5.41, 5.74) is 5.79. The first-order valence-corrected chi connectivity index (χ1v) is 6.02. The first kappa shape index (κ1) is 9.83. The Morgan fingerprint density at radius 1 is 1.42 bits per heavy atom. The number of rotatable bonds is 1. The molecule has 1 aromatic carbocycles. The summed E-state index contributed by atoms with van der Waals surface area (Å²) < 4.78 is 22.1. The van der Waals surface area contributed by atoms with Crippen LogP contribution in [0.2, 0.25) is 0 Å². The molecule has 0 unspecified atom stereocenters. The van der Waals surface area contributed by atoms with E-state index in [2.05, 4.69) is 15.9 Å².